The van der Waals surface area contributed by atoms with Gasteiger partial charge in [0, 0.05) is 23.1 Å². The lowest BCUT2D eigenvalue weighted by Gasteiger charge is -2.29. The fourth-order valence-electron chi connectivity index (χ4n) is 4.64. The Bertz CT molecular complexity index is 1410. The number of benzene rings is 2. The van der Waals surface area contributed by atoms with Gasteiger partial charge in [-0.3, -0.25) is 0 Å². The molecule has 2 aromatic carbocycles. The molecule has 1 unspecified atom stereocenters. The molecule has 10 nitrogen and oxygen atoms in total. The minimum atomic E-state index is -0.669. The first-order valence-corrected chi connectivity index (χ1v) is 15.1. The van der Waals surface area contributed by atoms with Gasteiger partial charge in [0.25, 0.3) is 0 Å². The number of hydrogen-bond donors (Lipinski definition) is 1. The summed E-state index contributed by atoms with van der Waals surface area (Å²) < 4.78 is 24.4. The highest BCUT2D eigenvalue weighted by atomic mass is 127. The molecule has 1 heterocycles. The molecule has 11 heteroatoms. The van der Waals surface area contributed by atoms with Crippen LogP contribution < -0.4 is 10.5 Å². The number of nitrogens with zero attached hydrogens (tertiary/aromatic N) is 3. The molecule has 1 amide bonds. The van der Waals surface area contributed by atoms with E-state index in [9.17, 15) is 9.59 Å². The van der Waals surface area contributed by atoms with Crippen LogP contribution in [0.1, 0.15) is 84.1 Å². The number of anilines is 1. The summed E-state index contributed by atoms with van der Waals surface area (Å²) in [5.74, 6) is 0.882. The molecule has 0 radical (unpaired) electrons. The van der Waals surface area contributed by atoms with Crippen molar-refractivity contribution in [1.29, 1.82) is 0 Å². The van der Waals surface area contributed by atoms with E-state index in [0.717, 1.165) is 35.9 Å². The van der Waals surface area contributed by atoms with Gasteiger partial charge in [0.2, 0.25) is 0 Å². The van der Waals surface area contributed by atoms with Crippen LogP contribution in [0.15, 0.2) is 42.5 Å². The number of nitrogens with two attached hydrogens (primary N) is 1. The Morgan fingerprint density at radius 3 is 2.38 bits per heavy atom. The zero-order valence-electron chi connectivity index (χ0n) is 25.2. The van der Waals surface area contributed by atoms with Crippen LogP contribution in [0.3, 0.4) is 0 Å². The molecule has 0 spiro atoms. The lowest BCUT2D eigenvalue weighted by atomic mass is 9.82. The van der Waals surface area contributed by atoms with Crippen molar-refractivity contribution in [2.75, 3.05) is 25.4 Å². The van der Waals surface area contributed by atoms with Crippen LogP contribution in [-0.4, -0.2) is 57.8 Å². The third kappa shape index (κ3) is 8.27. The van der Waals surface area contributed by atoms with Crippen molar-refractivity contribution >= 4 is 51.8 Å². The van der Waals surface area contributed by atoms with Crippen molar-refractivity contribution in [3.05, 3.63) is 53.7 Å². The number of nitrogen functional groups attached to an aromatic ring is 1. The number of ether oxygens (including phenoxy) is 3. The fraction of sp³-hybridized carbons (Fsp3) is 0.516. The number of carbonyl (C=O) groups is 2. The average molecular weight is 693 g/mol. The number of rotatable bonds is 9. The maximum atomic E-state index is 13.2. The molecule has 1 aliphatic rings. The Kier molecular flexibility index (Phi) is 9.92. The Morgan fingerprint density at radius 2 is 1.79 bits per heavy atom. The smallest absolute Gasteiger partial charge is 0.435 e. The van der Waals surface area contributed by atoms with E-state index in [1.807, 2.05) is 94.9 Å². The Labute approximate surface area is 261 Å². The molecule has 1 atom stereocenters. The lowest BCUT2D eigenvalue weighted by molar-refractivity contribution is 0.0166. The first-order chi connectivity index (χ1) is 19.7. The predicted octanol–water partition coefficient (Wildman–Crippen LogP) is 7.39. The SMILES string of the molecule is CC(C)(C)OC(=O)N(CCOc1ccc2c(C3CCC3)nn(C(=O)OC(C)(C)C)c2c1)CC(OI)c1cccc(N)c1. The summed E-state index contributed by atoms with van der Waals surface area (Å²) in [6, 6.07) is 13.0. The molecular weight excluding hydrogens is 651 g/mol. The minimum absolute atomic E-state index is 0.186. The van der Waals surface area contributed by atoms with Gasteiger partial charge in [0.1, 0.15) is 52.7 Å². The number of amides is 1. The highest BCUT2D eigenvalue weighted by Crippen LogP contribution is 2.40. The summed E-state index contributed by atoms with van der Waals surface area (Å²) in [6.45, 7) is 11.6. The number of carbonyl (C=O) groups excluding carboxylic acids is 2. The van der Waals surface area contributed by atoms with Crippen LogP contribution in [0.25, 0.3) is 10.9 Å². The van der Waals surface area contributed by atoms with Crippen molar-refractivity contribution < 1.29 is 26.9 Å². The molecule has 4 rings (SSSR count). The van der Waals surface area contributed by atoms with Crippen molar-refractivity contribution in [2.45, 2.75) is 84.0 Å². The summed E-state index contributed by atoms with van der Waals surface area (Å²) in [4.78, 5) is 27.8. The molecule has 1 saturated carbocycles. The third-order valence-corrected chi connectivity index (χ3v) is 7.41. The monoisotopic (exact) mass is 692 g/mol. The van der Waals surface area contributed by atoms with Crippen molar-refractivity contribution in [1.82, 2.24) is 14.7 Å². The van der Waals surface area contributed by atoms with E-state index in [4.69, 9.17) is 23.0 Å². The van der Waals surface area contributed by atoms with Crippen molar-refractivity contribution in [3.63, 3.8) is 0 Å². The molecule has 3 aromatic rings. The van der Waals surface area contributed by atoms with Gasteiger partial charge in [-0.2, -0.15) is 9.78 Å². The van der Waals surface area contributed by atoms with Gasteiger partial charge in [0.05, 0.1) is 24.3 Å². The first-order valence-electron chi connectivity index (χ1n) is 14.2. The molecule has 2 N–H and O–H groups in total. The molecule has 1 fully saturated rings. The summed E-state index contributed by atoms with van der Waals surface area (Å²) in [6.07, 6.45) is 1.83. The van der Waals surface area contributed by atoms with Gasteiger partial charge in [0.15, 0.2) is 0 Å². The van der Waals surface area contributed by atoms with E-state index in [1.54, 1.807) is 17.0 Å². The van der Waals surface area contributed by atoms with Crippen LogP contribution in [-0.2, 0) is 12.5 Å². The normalized spacial score (nSPS) is 14.7. The van der Waals surface area contributed by atoms with E-state index in [1.165, 1.54) is 4.68 Å². The number of fused-ring (bicyclic) bond motifs is 1. The Hall–Kier alpha value is -3.06. The second-order valence-electron chi connectivity index (χ2n) is 12.6. The van der Waals surface area contributed by atoms with Crippen molar-refractivity contribution in [2.24, 2.45) is 0 Å². The van der Waals surface area contributed by atoms with E-state index in [2.05, 4.69) is 5.10 Å². The largest absolute Gasteiger partial charge is 0.492 e. The molecule has 228 valence electrons. The second kappa shape index (κ2) is 13.1. The van der Waals surface area contributed by atoms with E-state index in [-0.39, 0.29) is 19.7 Å². The first kappa shape index (κ1) is 31.9. The highest BCUT2D eigenvalue weighted by Gasteiger charge is 2.29. The van der Waals surface area contributed by atoms with Crippen LogP contribution in [0.4, 0.5) is 15.3 Å². The van der Waals surface area contributed by atoms with Gasteiger partial charge in [-0.15, -0.1) is 0 Å². The Morgan fingerprint density at radius 1 is 1.07 bits per heavy atom. The lowest BCUT2D eigenvalue weighted by Crippen LogP contribution is -2.41. The maximum Gasteiger partial charge on any atom is 0.435 e. The number of halogens is 1. The average Bonchev–Trinajstić information content (AvgIpc) is 3.21. The van der Waals surface area contributed by atoms with E-state index < -0.39 is 29.5 Å². The van der Waals surface area contributed by atoms with Crippen LogP contribution in [0, 0.1) is 0 Å². The van der Waals surface area contributed by atoms with Gasteiger partial charge >= 0.3 is 12.2 Å². The molecule has 0 bridgehead atoms. The summed E-state index contributed by atoms with van der Waals surface area (Å²) in [5.41, 5.74) is 7.66. The maximum absolute atomic E-state index is 13.2. The topological polar surface area (TPSA) is 118 Å². The van der Waals surface area contributed by atoms with Crippen LogP contribution in [0.5, 0.6) is 5.75 Å². The molecule has 42 heavy (non-hydrogen) atoms. The Balaban J connectivity index is 1.53. The fourth-order valence-corrected chi connectivity index (χ4v) is 5.09. The van der Waals surface area contributed by atoms with Crippen LogP contribution in [0.2, 0.25) is 0 Å². The summed E-state index contributed by atoms with van der Waals surface area (Å²) >= 11 is 1.84. The van der Waals surface area contributed by atoms with Gasteiger partial charge in [-0.25, -0.2) is 9.59 Å². The van der Waals surface area contributed by atoms with Gasteiger partial charge in [-0.1, -0.05) is 18.6 Å². The zero-order chi connectivity index (χ0) is 30.7. The molecule has 1 aromatic heterocycles. The number of hydrogen-bond acceptors (Lipinski definition) is 8. The molecule has 0 aliphatic heterocycles. The predicted molar refractivity (Wildman–Crippen MR) is 170 cm³/mol. The van der Waals surface area contributed by atoms with Crippen molar-refractivity contribution in [3.8, 4) is 5.75 Å². The van der Waals surface area contributed by atoms with E-state index in [0.29, 0.717) is 22.9 Å². The zero-order valence-corrected chi connectivity index (χ0v) is 27.3. The molecule has 1 aliphatic carbocycles. The summed E-state index contributed by atoms with van der Waals surface area (Å²) in [5, 5.41) is 5.59. The van der Waals surface area contributed by atoms with Crippen LogP contribution >= 0.6 is 23.0 Å². The van der Waals surface area contributed by atoms with Gasteiger partial charge < -0.3 is 27.9 Å². The van der Waals surface area contributed by atoms with Gasteiger partial charge in [-0.05, 0) is 84.2 Å². The van der Waals surface area contributed by atoms with E-state index >= 15 is 0 Å². The quantitative estimate of drug-likeness (QED) is 0.182. The minimum Gasteiger partial charge on any atom is -0.492 e. The standard InChI is InChI=1S/C31H41IN4O6/c1-30(2,3)40-28(37)35(19-26(42-32)21-11-8-12-22(33)17-21)15-16-39-23-13-14-24-25(18-23)36(29(38)41-31(4,5)6)34-27(24)20-9-7-10-20/h8,11-14,17-18,20,26H,7,9-10,15-16,19,33H2,1-6H3. The number of aromatic nitrogens is 2. The second-order valence-corrected chi connectivity index (χ2v) is 13.1. The molecule has 0 saturated heterocycles. The molecular formula is C31H41IN4O6. The third-order valence-electron chi connectivity index (χ3n) is 6.80. The highest BCUT2D eigenvalue weighted by molar-refractivity contribution is 14.1. The summed E-state index contributed by atoms with van der Waals surface area (Å²) in [7, 11) is 0.